The van der Waals surface area contributed by atoms with Crippen molar-refractivity contribution in [2.75, 3.05) is 10.6 Å². The molecule has 2 aliphatic rings. The van der Waals surface area contributed by atoms with Gasteiger partial charge in [-0.05, 0) is 54.3 Å². The van der Waals surface area contributed by atoms with Crippen LogP contribution < -0.4 is 10.6 Å². The standard InChI is InChI=1S/C10H9NO3.C9H9NO/c1-5-2-8-6(4-9(12)11-8)3-7(5)10(13)14;1-6-2-3-7-5-9(11)10-8(7)4-6/h2-3H,4H2,1H3,(H,11,12)(H,13,14);2-4H,5H2,1H3,(H,10,11). The summed E-state index contributed by atoms with van der Waals surface area (Å²) in [6, 6.07) is 9.29. The van der Waals surface area contributed by atoms with Crippen molar-refractivity contribution in [1.29, 1.82) is 0 Å². The zero-order chi connectivity index (χ0) is 18.1. The van der Waals surface area contributed by atoms with Crippen molar-refractivity contribution in [3.8, 4) is 0 Å². The van der Waals surface area contributed by atoms with Crippen LogP contribution in [-0.2, 0) is 22.4 Å². The first-order valence-corrected chi connectivity index (χ1v) is 7.89. The van der Waals surface area contributed by atoms with E-state index in [0.717, 1.165) is 22.5 Å². The number of amides is 2. The minimum Gasteiger partial charge on any atom is -0.478 e. The highest BCUT2D eigenvalue weighted by atomic mass is 16.4. The van der Waals surface area contributed by atoms with Crippen LogP contribution >= 0.6 is 0 Å². The number of nitrogens with one attached hydrogen (secondary N) is 2. The summed E-state index contributed by atoms with van der Waals surface area (Å²) >= 11 is 0. The van der Waals surface area contributed by atoms with Crippen molar-refractivity contribution in [2.45, 2.75) is 26.7 Å². The molecule has 2 heterocycles. The van der Waals surface area contributed by atoms with E-state index in [1.54, 1.807) is 19.1 Å². The maximum absolute atomic E-state index is 11.0. The molecule has 0 unspecified atom stereocenters. The van der Waals surface area contributed by atoms with Gasteiger partial charge in [0.2, 0.25) is 11.8 Å². The lowest BCUT2D eigenvalue weighted by Gasteiger charge is -2.04. The fourth-order valence-corrected chi connectivity index (χ4v) is 2.94. The lowest BCUT2D eigenvalue weighted by Crippen LogP contribution is -2.03. The predicted molar refractivity (Wildman–Crippen MR) is 94.0 cm³/mol. The summed E-state index contributed by atoms with van der Waals surface area (Å²) in [5.41, 5.74) is 5.70. The first kappa shape index (κ1) is 16.7. The Labute approximate surface area is 144 Å². The van der Waals surface area contributed by atoms with E-state index >= 15 is 0 Å². The monoisotopic (exact) mass is 338 g/mol. The highest BCUT2D eigenvalue weighted by Gasteiger charge is 2.20. The van der Waals surface area contributed by atoms with Gasteiger partial charge < -0.3 is 15.7 Å². The lowest BCUT2D eigenvalue weighted by molar-refractivity contribution is -0.115. The van der Waals surface area contributed by atoms with Gasteiger partial charge in [0.15, 0.2) is 0 Å². The van der Waals surface area contributed by atoms with Crippen molar-refractivity contribution in [2.24, 2.45) is 0 Å². The fourth-order valence-electron chi connectivity index (χ4n) is 2.94. The maximum atomic E-state index is 11.0. The highest BCUT2D eigenvalue weighted by Crippen LogP contribution is 2.26. The van der Waals surface area contributed by atoms with Gasteiger partial charge in [0, 0.05) is 11.4 Å². The Morgan fingerprint density at radius 2 is 1.52 bits per heavy atom. The van der Waals surface area contributed by atoms with E-state index in [4.69, 9.17) is 5.11 Å². The van der Waals surface area contributed by atoms with Gasteiger partial charge in [0.25, 0.3) is 0 Å². The van der Waals surface area contributed by atoms with Gasteiger partial charge in [-0.25, -0.2) is 4.79 Å². The molecule has 2 aromatic carbocycles. The summed E-state index contributed by atoms with van der Waals surface area (Å²) in [5.74, 6) is -0.933. The Hall–Kier alpha value is -3.15. The van der Waals surface area contributed by atoms with Crippen molar-refractivity contribution >= 4 is 29.2 Å². The van der Waals surface area contributed by atoms with E-state index in [9.17, 15) is 14.4 Å². The number of aryl methyl sites for hydroxylation is 2. The highest BCUT2D eigenvalue weighted by molar-refractivity contribution is 6.01. The Morgan fingerprint density at radius 3 is 2.16 bits per heavy atom. The van der Waals surface area contributed by atoms with Crippen LogP contribution in [0.25, 0.3) is 0 Å². The molecule has 3 N–H and O–H groups in total. The molecule has 25 heavy (non-hydrogen) atoms. The third-order valence-corrected chi connectivity index (χ3v) is 4.20. The summed E-state index contributed by atoms with van der Waals surface area (Å²) in [7, 11) is 0. The number of rotatable bonds is 1. The lowest BCUT2D eigenvalue weighted by atomic mass is 10.0. The summed E-state index contributed by atoms with van der Waals surface area (Å²) in [6.07, 6.45) is 0.811. The summed E-state index contributed by atoms with van der Waals surface area (Å²) in [4.78, 5) is 32.7. The molecule has 0 atom stereocenters. The first-order chi connectivity index (χ1) is 11.8. The van der Waals surface area contributed by atoms with Gasteiger partial charge in [0.05, 0.1) is 18.4 Å². The molecule has 0 aromatic heterocycles. The molecular formula is C19H18N2O4. The van der Waals surface area contributed by atoms with E-state index in [1.165, 1.54) is 5.56 Å². The van der Waals surface area contributed by atoms with Crippen molar-refractivity contribution in [3.63, 3.8) is 0 Å². The van der Waals surface area contributed by atoms with Gasteiger partial charge in [-0.3, -0.25) is 9.59 Å². The summed E-state index contributed by atoms with van der Waals surface area (Å²) < 4.78 is 0. The second-order valence-electron chi connectivity index (χ2n) is 6.24. The SMILES string of the molecule is Cc1cc2c(cc1C(=O)O)CC(=O)N2.Cc1ccc2c(c1)NC(=O)C2. The number of carboxylic acids is 1. The third-order valence-electron chi connectivity index (χ3n) is 4.20. The van der Waals surface area contributed by atoms with Gasteiger partial charge in [-0.2, -0.15) is 0 Å². The van der Waals surface area contributed by atoms with Crippen LogP contribution in [-0.4, -0.2) is 22.9 Å². The zero-order valence-corrected chi connectivity index (χ0v) is 14.0. The van der Waals surface area contributed by atoms with E-state index in [1.807, 2.05) is 25.1 Å². The average Bonchev–Trinajstić information content (AvgIpc) is 3.06. The minimum atomic E-state index is -0.954. The molecule has 0 aliphatic carbocycles. The quantitative estimate of drug-likeness (QED) is 0.745. The van der Waals surface area contributed by atoms with E-state index in [2.05, 4.69) is 10.6 Å². The second-order valence-corrected chi connectivity index (χ2v) is 6.24. The van der Waals surface area contributed by atoms with Crippen molar-refractivity contribution in [3.05, 3.63) is 58.1 Å². The topological polar surface area (TPSA) is 95.5 Å². The molecule has 2 aromatic rings. The van der Waals surface area contributed by atoms with Crippen LogP contribution in [0.15, 0.2) is 30.3 Å². The van der Waals surface area contributed by atoms with Crippen LogP contribution in [0.5, 0.6) is 0 Å². The maximum Gasteiger partial charge on any atom is 0.335 e. The largest absolute Gasteiger partial charge is 0.478 e. The number of fused-ring (bicyclic) bond motifs is 2. The van der Waals surface area contributed by atoms with Gasteiger partial charge >= 0.3 is 5.97 Å². The van der Waals surface area contributed by atoms with E-state index in [0.29, 0.717) is 12.0 Å². The normalized spacial score (nSPS) is 14.0. The number of hydrogen-bond donors (Lipinski definition) is 3. The van der Waals surface area contributed by atoms with Gasteiger partial charge in [-0.15, -0.1) is 0 Å². The van der Waals surface area contributed by atoms with Crippen molar-refractivity contribution in [1.82, 2.24) is 0 Å². The Bertz CT molecular complexity index is 903. The number of hydrogen-bond acceptors (Lipinski definition) is 3. The molecule has 0 spiro atoms. The minimum absolute atomic E-state index is 0.0815. The summed E-state index contributed by atoms with van der Waals surface area (Å²) in [6.45, 7) is 3.74. The number of carbonyl (C=O) groups excluding carboxylic acids is 2. The molecule has 0 fully saturated rings. The second kappa shape index (κ2) is 6.39. The third kappa shape index (κ3) is 3.52. The molecule has 6 heteroatoms. The molecule has 6 nitrogen and oxygen atoms in total. The number of carbonyl (C=O) groups is 3. The van der Waals surface area contributed by atoms with Gasteiger partial charge in [0.1, 0.15) is 0 Å². The number of aromatic carboxylic acids is 1. The van der Waals surface area contributed by atoms with Crippen LogP contribution in [0.2, 0.25) is 0 Å². The van der Waals surface area contributed by atoms with Crippen LogP contribution in [0.3, 0.4) is 0 Å². The molecule has 128 valence electrons. The molecule has 4 rings (SSSR count). The first-order valence-electron chi connectivity index (χ1n) is 7.89. The Kier molecular flexibility index (Phi) is 4.27. The Balaban J connectivity index is 0.000000150. The van der Waals surface area contributed by atoms with Crippen LogP contribution in [0.4, 0.5) is 11.4 Å². The molecule has 0 bridgehead atoms. The zero-order valence-electron chi connectivity index (χ0n) is 14.0. The molecule has 0 saturated carbocycles. The van der Waals surface area contributed by atoms with Gasteiger partial charge in [-0.1, -0.05) is 12.1 Å². The predicted octanol–water partition coefficient (Wildman–Crippen LogP) is 2.68. The fraction of sp³-hybridized carbons (Fsp3) is 0.211. The van der Waals surface area contributed by atoms with Crippen LogP contribution in [0.1, 0.15) is 32.6 Å². The smallest absolute Gasteiger partial charge is 0.335 e. The number of benzene rings is 2. The summed E-state index contributed by atoms with van der Waals surface area (Å²) in [5, 5.41) is 14.3. The molecule has 0 radical (unpaired) electrons. The van der Waals surface area contributed by atoms with Crippen molar-refractivity contribution < 1.29 is 19.5 Å². The number of carboxylic acid groups (broad SMARTS) is 1. The number of anilines is 2. The molecule has 2 aliphatic heterocycles. The van der Waals surface area contributed by atoms with Crippen LogP contribution in [0, 0.1) is 13.8 Å². The molecule has 0 saturated heterocycles. The molecule has 2 amide bonds. The van der Waals surface area contributed by atoms with E-state index < -0.39 is 5.97 Å². The Morgan fingerprint density at radius 1 is 0.920 bits per heavy atom. The molecular weight excluding hydrogens is 320 g/mol. The average molecular weight is 338 g/mol. The van der Waals surface area contributed by atoms with E-state index in [-0.39, 0.29) is 23.8 Å².